The lowest BCUT2D eigenvalue weighted by Gasteiger charge is -2.16. The fraction of sp³-hybridized carbons (Fsp3) is 0.250. The highest BCUT2D eigenvalue weighted by Crippen LogP contribution is 2.44. The molecule has 0 aliphatic heterocycles. The van der Waals surface area contributed by atoms with E-state index in [0.29, 0.717) is 0 Å². The van der Waals surface area contributed by atoms with Gasteiger partial charge in [-0.25, -0.2) is 9.59 Å². The summed E-state index contributed by atoms with van der Waals surface area (Å²) >= 11 is 0. The highest BCUT2D eigenvalue weighted by Gasteiger charge is 2.29. The Morgan fingerprint density at radius 1 is 1.09 bits per heavy atom. The van der Waals surface area contributed by atoms with Gasteiger partial charge in [0.15, 0.2) is 5.69 Å². The van der Waals surface area contributed by atoms with Crippen molar-refractivity contribution in [1.82, 2.24) is 15.1 Å². The van der Waals surface area contributed by atoms with Crippen LogP contribution >= 0.6 is 0 Å². The van der Waals surface area contributed by atoms with Crippen molar-refractivity contribution in [3.05, 3.63) is 71.4 Å². The summed E-state index contributed by atoms with van der Waals surface area (Å²) in [7, 11) is 1.48. The number of benzene rings is 2. The second-order valence-corrected chi connectivity index (χ2v) is 7.96. The van der Waals surface area contributed by atoms with Crippen LogP contribution in [0.15, 0.2) is 54.6 Å². The van der Waals surface area contributed by atoms with Crippen LogP contribution in [0, 0.1) is 0 Å². The van der Waals surface area contributed by atoms with Crippen molar-refractivity contribution in [3.8, 4) is 11.1 Å². The van der Waals surface area contributed by atoms with Crippen molar-refractivity contribution in [1.29, 1.82) is 0 Å². The number of nitrogens with one attached hydrogen (secondary N) is 2. The SMILES string of the molecule is Cn1nc(C(=O)O)cc1NC(=O)CC(O)CNC(=O)OCC1c2ccccc2-c2ccccc21. The van der Waals surface area contributed by atoms with E-state index in [-0.39, 0.29) is 37.0 Å². The van der Waals surface area contributed by atoms with Gasteiger partial charge in [0.2, 0.25) is 5.91 Å². The molecule has 0 fully saturated rings. The molecule has 1 aliphatic rings. The van der Waals surface area contributed by atoms with E-state index >= 15 is 0 Å². The number of carbonyl (C=O) groups excluding carboxylic acids is 2. The van der Waals surface area contributed by atoms with E-state index in [1.807, 2.05) is 48.5 Å². The molecule has 176 valence electrons. The number of nitrogens with zero attached hydrogens (tertiary/aromatic N) is 2. The minimum Gasteiger partial charge on any atom is -0.476 e. The molecule has 10 nitrogen and oxygen atoms in total. The van der Waals surface area contributed by atoms with Gasteiger partial charge in [-0.1, -0.05) is 48.5 Å². The standard InChI is InChI=1S/C24H24N4O6/c1-28-21(11-20(27-28)23(31)32)26-22(30)10-14(29)12-25-24(33)34-13-19-17-8-4-2-6-15(17)16-7-3-5-9-18(16)19/h2-9,11,14,19,29H,10,12-13H2,1H3,(H,25,33)(H,26,30)(H,31,32). The largest absolute Gasteiger partial charge is 0.476 e. The number of aromatic nitrogens is 2. The first-order valence-corrected chi connectivity index (χ1v) is 10.7. The van der Waals surface area contributed by atoms with Gasteiger partial charge in [0.25, 0.3) is 0 Å². The molecule has 4 N–H and O–H groups in total. The Hall–Kier alpha value is -4.18. The van der Waals surface area contributed by atoms with E-state index < -0.39 is 24.1 Å². The highest BCUT2D eigenvalue weighted by molar-refractivity contribution is 5.92. The Labute approximate surface area is 195 Å². The van der Waals surface area contributed by atoms with Crippen LogP contribution in [-0.2, 0) is 16.6 Å². The van der Waals surface area contributed by atoms with Gasteiger partial charge in [-0.2, -0.15) is 5.10 Å². The predicted octanol–water partition coefficient (Wildman–Crippen LogP) is 2.35. The zero-order valence-corrected chi connectivity index (χ0v) is 18.4. The first kappa shape index (κ1) is 23.0. The van der Waals surface area contributed by atoms with Crippen LogP contribution in [0.1, 0.15) is 34.0 Å². The van der Waals surface area contributed by atoms with E-state index in [9.17, 15) is 19.5 Å². The van der Waals surface area contributed by atoms with Crippen LogP contribution < -0.4 is 10.6 Å². The summed E-state index contributed by atoms with van der Waals surface area (Å²) < 4.78 is 6.61. The average molecular weight is 464 g/mol. The van der Waals surface area contributed by atoms with Crippen LogP contribution in [0.2, 0.25) is 0 Å². The Bertz CT molecular complexity index is 1190. The summed E-state index contributed by atoms with van der Waals surface area (Å²) in [5.74, 6) is -1.67. The number of aliphatic hydroxyl groups is 1. The van der Waals surface area contributed by atoms with Gasteiger partial charge in [-0.3, -0.25) is 9.48 Å². The fourth-order valence-electron chi connectivity index (χ4n) is 4.02. The van der Waals surface area contributed by atoms with Gasteiger partial charge in [0.1, 0.15) is 12.4 Å². The van der Waals surface area contributed by atoms with Crippen molar-refractivity contribution in [2.24, 2.45) is 7.05 Å². The lowest BCUT2D eigenvalue weighted by atomic mass is 9.98. The Morgan fingerprint density at radius 2 is 1.71 bits per heavy atom. The minimum absolute atomic E-state index is 0.0801. The molecule has 1 heterocycles. The Morgan fingerprint density at radius 3 is 2.29 bits per heavy atom. The number of hydrogen-bond acceptors (Lipinski definition) is 6. The molecule has 0 saturated carbocycles. The van der Waals surface area contributed by atoms with E-state index in [1.54, 1.807) is 0 Å². The maximum Gasteiger partial charge on any atom is 0.407 e. The van der Waals surface area contributed by atoms with E-state index in [0.717, 1.165) is 22.3 Å². The number of aliphatic hydroxyl groups excluding tert-OH is 1. The van der Waals surface area contributed by atoms with Crippen LogP contribution in [-0.4, -0.2) is 57.2 Å². The number of anilines is 1. The number of carbonyl (C=O) groups is 3. The third-order valence-electron chi connectivity index (χ3n) is 5.61. The lowest BCUT2D eigenvalue weighted by molar-refractivity contribution is -0.118. The van der Waals surface area contributed by atoms with Crippen molar-refractivity contribution in [2.75, 3.05) is 18.5 Å². The molecule has 0 spiro atoms. The monoisotopic (exact) mass is 464 g/mol. The number of amides is 2. The molecule has 1 unspecified atom stereocenters. The molecule has 1 atom stereocenters. The quantitative estimate of drug-likeness (QED) is 0.401. The Kier molecular flexibility index (Phi) is 6.60. The molecule has 2 amide bonds. The number of hydrogen-bond donors (Lipinski definition) is 4. The molecular weight excluding hydrogens is 440 g/mol. The summed E-state index contributed by atoms with van der Waals surface area (Å²) in [6.45, 7) is -0.0430. The minimum atomic E-state index is -1.22. The Balaban J connectivity index is 1.25. The van der Waals surface area contributed by atoms with Gasteiger partial charge in [-0.15, -0.1) is 0 Å². The molecule has 3 aromatic rings. The van der Waals surface area contributed by atoms with Crippen LogP contribution in [0.5, 0.6) is 0 Å². The zero-order chi connectivity index (χ0) is 24.2. The van der Waals surface area contributed by atoms with E-state index in [2.05, 4.69) is 15.7 Å². The van der Waals surface area contributed by atoms with Crippen molar-refractivity contribution >= 4 is 23.8 Å². The first-order chi connectivity index (χ1) is 16.3. The normalized spacial score (nSPS) is 13.0. The summed E-state index contributed by atoms with van der Waals surface area (Å²) in [6.07, 6.45) is -2.16. The van der Waals surface area contributed by atoms with E-state index in [4.69, 9.17) is 9.84 Å². The van der Waals surface area contributed by atoms with Crippen molar-refractivity contribution < 1.29 is 29.3 Å². The third kappa shape index (κ3) is 4.91. The van der Waals surface area contributed by atoms with Crippen LogP contribution in [0.25, 0.3) is 11.1 Å². The summed E-state index contributed by atoms with van der Waals surface area (Å²) in [5, 5.41) is 27.8. The highest BCUT2D eigenvalue weighted by atomic mass is 16.5. The molecule has 0 radical (unpaired) electrons. The van der Waals surface area contributed by atoms with Gasteiger partial charge >= 0.3 is 12.1 Å². The van der Waals surface area contributed by atoms with Crippen molar-refractivity contribution in [2.45, 2.75) is 18.4 Å². The second-order valence-electron chi connectivity index (χ2n) is 7.96. The van der Waals surface area contributed by atoms with Gasteiger partial charge in [0.05, 0.1) is 12.5 Å². The molecule has 0 saturated heterocycles. The van der Waals surface area contributed by atoms with Gasteiger partial charge < -0.3 is 25.6 Å². The molecule has 1 aromatic heterocycles. The first-order valence-electron chi connectivity index (χ1n) is 10.7. The molecule has 1 aliphatic carbocycles. The number of ether oxygens (including phenoxy) is 1. The molecule has 2 aromatic carbocycles. The predicted molar refractivity (Wildman–Crippen MR) is 122 cm³/mol. The maximum atomic E-state index is 12.2. The lowest BCUT2D eigenvalue weighted by Crippen LogP contribution is -2.35. The third-order valence-corrected chi connectivity index (χ3v) is 5.61. The molecular formula is C24H24N4O6. The molecule has 4 rings (SSSR count). The van der Waals surface area contributed by atoms with E-state index in [1.165, 1.54) is 17.8 Å². The smallest absolute Gasteiger partial charge is 0.407 e. The second kappa shape index (κ2) is 9.75. The van der Waals surface area contributed by atoms with Crippen LogP contribution in [0.4, 0.5) is 10.6 Å². The summed E-state index contributed by atoms with van der Waals surface area (Å²) in [5.41, 5.74) is 4.22. The average Bonchev–Trinajstić information content (AvgIpc) is 3.34. The van der Waals surface area contributed by atoms with Crippen LogP contribution in [0.3, 0.4) is 0 Å². The molecule has 10 heteroatoms. The van der Waals surface area contributed by atoms with Gasteiger partial charge in [0, 0.05) is 25.6 Å². The van der Waals surface area contributed by atoms with Gasteiger partial charge in [-0.05, 0) is 22.3 Å². The maximum absolute atomic E-state index is 12.2. The molecule has 34 heavy (non-hydrogen) atoms. The number of aryl methyl sites for hydroxylation is 1. The topological polar surface area (TPSA) is 143 Å². The zero-order valence-electron chi connectivity index (χ0n) is 18.4. The summed E-state index contributed by atoms with van der Waals surface area (Å²) in [4.78, 5) is 35.3. The number of aromatic carboxylic acids is 1. The van der Waals surface area contributed by atoms with Crippen molar-refractivity contribution in [3.63, 3.8) is 0 Å². The molecule has 0 bridgehead atoms. The number of carboxylic acids is 1. The summed E-state index contributed by atoms with van der Waals surface area (Å²) in [6, 6.07) is 17.2. The number of alkyl carbamates (subject to hydrolysis) is 1. The number of rotatable bonds is 8. The number of fused-ring (bicyclic) bond motifs is 3. The fourth-order valence-corrected chi connectivity index (χ4v) is 4.02. The number of carboxylic acid groups (broad SMARTS) is 1.